The fourth-order valence-electron chi connectivity index (χ4n) is 1.56. The van der Waals surface area contributed by atoms with E-state index in [0.29, 0.717) is 5.69 Å². The first-order valence-electron chi connectivity index (χ1n) is 6.08. The van der Waals surface area contributed by atoms with Gasteiger partial charge in [0.05, 0.1) is 0 Å². The second-order valence-corrected chi connectivity index (χ2v) is 4.00. The van der Waals surface area contributed by atoms with Gasteiger partial charge >= 0.3 is 0 Å². The van der Waals surface area contributed by atoms with Crippen LogP contribution in [0.3, 0.4) is 0 Å². The molecule has 20 heavy (non-hydrogen) atoms. The number of benzene rings is 2. The summed E-state index contributed by atoms with van der Waals surface area (Å²) in [5.74, 6) is -0.442. The lowest BCUT2D eigenvalue weighted by atomic mass is 10.2. The highest BCUT2D eigenvalue weighted by Crippen LogP contribution is 2.09. The van der Waals surface area contributed by atoms with Crippen molar-refractivity contribution in [3.63, 3.8) is 0 Å². The molecular weight excluding hydrogens is 250 g/mol. The number of rotatable bonds is 4. The standard InChI is InChI=1S/C16H13N3O/c17-11-13(12-18-14-7-3-1-4-8-14)16(20)19-15-9-5-2-6-10-15/h1-10,12,18H,(H,19,20)/b13-12+. The molecule has 2 aromatic carbocycles. The molecular formula is C16H13N3O. The molecule has 4 heteroatoms. The number of carbonyl (C=O) groups excluding carboxylic acids is 1. The van der Waals surface area contributed by atoms with Crippen LogP contribution in [0.1, 0.15) is 0 Å². The topological polar surface area (TPSA) is 64.9 Å². The summed E-state index contributed by atoms with van der Waals surface area (Å²) in [6.45, 7) is 0. The maximum atomic E-state index is 11.9. The summed E-state index contributed by atoms with van der Waals surface area (Å²) in [6, 6.07) is 20.2. The molecule has 2 N–H and O–H groups in total. The molecule has 0 heterocycles. The van der Waals surface area contributed by atoms with E-state index in [0.717, 1.165) is 5.69 Å². The van der Waals surface area contributed by atoms with E-state index in [2.05, 4.69) is 10.6 Å². The first-order valence-corrected chi connectivity index (χ1v) is 6.08. The van der Waals surface area contributed by atoms with Gasteiger partial charge in [0.1, 0.15) is 11.6 Å². The molecule has 0 spiro atoms. The summed E-state index contributed by atoms with van der Waals surface area (Å²) in [5, 5.41) is 14.6. The normalized spacial score (nSPS) is 10.4. The zero-order chi connectivity index (χ0) is 14.2. The number of nitrogens with zero attached hydrogens (tertiary/aromatic N) is 1. The zero-order valence-corrected chi connectivity index (χ0v) is 10.7. The highest BCUT2D eigenvalue weighted by atomic mass is 16.1. The van der Waals surface area contributed by atoms with Crippen LogP contribution in [-0.2, 0) is 4.79 Å². The Balaban J connectivity index is 2.05. The molecule has 4 nitrogen and oxygen atoms in total. The molecule has 2 rings (SSSR count). The Hall–Kier alpha value is -3.06. The Morgan fingerprint density at radius 1 is 0.950 bits per heavy atom. The fraction of sp³-hybridized carbons (Fsp3) is 0. The first-order chi connectivity index (χ1) is 9.79. The smallest absolute Gasteiger partial charge is 0.267 e. The van der Waals surface area contributed by atoms with E-state index in [9.17, 15) is 4.79 Å². The molecule has 0 aliphatic rings. The zero-order valence-electron chi connectivity index (χ0n) is 10.7. The summed E-state index contributed by atoms with van der Waals surface area (Å²) in [6.07, 6.45) is 1.40. The van der Waals surface area contributed by atoms with Crippen molar-refractivity contribution >= 4 is 17.3 Å². The number of hydrogen-bond acceptors (Lipinski definition) is 3. The molecule has 98 valence electrons. The summed E-state index contributed by atoms with van der Waals surface area (Å²) < 4.78 is 0. The number of para-hydroxylation sites is 2. The van der Waals surface area contributed by atoms with Crippen molar-refractivity contribution in [1.82, 2.24) is 0 Å². The lowest BCUT2D eigenvalue weighted by molar-refractivity contribution is -0.112. The highest BCUT2D eigenvalue weighted by molar-refractivity contribution is 6.06. The lowest BCUT2D eigenvalue weighted by Crippen LogP contribution is -2.14. The Labute approximate surface area is 117 Å². The molecule has 0 saturated heterocycles. The van der Waals surface area contributed by atoms with Gasteiger partial charge in [0.2, 0.25) is 0 Å². The number of anilines is 2. The summed E-state index contributed by atoms with van der Waals surface area (Å²) >= 11 is 0. The monoisotopic (exact) mass is 263 g/mol. The lowest BCUT2D eigenvalue weighted by Gasteiger charge is -2.04. The van der Waals surface area contributed by atoms with Gasteiger partial charge in [-0.15, -0.1) is 0 Å². The summed E-state index contributed by atoms with van der Waals surface area (Å²) in [4.78, 5) is 11.9. The second-order valence-electron chi connectivity index (χ2n) is 4.00. The van der Waals surface area contributed by atoms with Crippen LogP contribution in [0.5, 0.6) is 0 Å². The van der Waals surface area contributed by atoms with Gasteiger partial charge in [-0.3, -0.25) is 4.79 Å². The highest BCUT2D eigenvalue weighted by Gasteiger charge is 2.08. The fourth-order valence-corrected chi connectivity index (χ4v) is 1.56. The Morgan fingerprint density at radius 3 is 2.05 bits per heavy atom. The predicted molar refractivity (Wildman–Crippen MR) is 78.8 cm³/mol. The average Bonchev–Trinajstić information content (AvgIpc) is 2.50. The van der Waals surface area contributed by atoms with E-state index < -0.39 is 5.91 Å². The largest absolute Gasteiger partial charge is 0.360 e. The van der Waals surface area contributed by atoms with Gasteiger partial charge in [-0.05, 0) is 24.3 Å². The third-order valence-electron chi connectivity index (χ3n) is 2.55. The van der Waals surface area contributed by atoms with E-state index in [1.807, 2.05) is 54.6 Å². The number of nitrogens with one attached hydrogen (secondary N) is 2. The first kappa shape index (κ1) is 13.4. The maximum absolute atomic E-state index is 11.9. The van der Waals surface area contributed by atoms with Crippen LogP contribution in [0.15, 0.2) is 72.4 Å². The van der Waals surface area contributed by atoms with Crippen molar-refractivity contribution in [1.29, 1.82) is 5.26 Å². The third kappa shape index (κ3) is 3.72. The van der Waals surface area contributed by atoms with Crippen LogP contribution in [0.25, 0.3) is 0 Å². The van der Waals surface area contributed by atoms with Gasteiger partial charge in [0.15, 0.2) is 0 Å². The Morgan fingerprint density at radius 2 is 1.50 bits per heavy atom. The SMILES string of the molecule is N#C/C(=C\Nc1ccccc1)C(=O)Nc1ccccc1. The van der Waals surface area contributed by atoms with Crippen molar-refractivity contribution in [2.75, 3.05) is 10.6 Å². The molecule has 0 aliphatic carbocycles. The number of hydrogen-bond donors (Lipinski definition) is 2. The minimum Gasteiger partial charge on any atom is -0.360 e. The van der Waals surface area contributed by atoms with Crippen LogP contribution >= 0.6 is 0 Å². The van der Waals surface area contributed by atoms with Crippen LogP contribution in [0, 0.1) is 11.3 Å². The molecule has 0 bridgehead atoms. The molecule has 2 aromatic rings. The summed E-state index contributed by atoms with van der Waals surface area (Å²) in [7, 11) is 0. The molecule has 1 amide bonds. The molecule has 0 unspecified atom stereocenters. The number of nitriles is 1. The van der Waals surface area contributed by atoms with Gasteiger partial charge in [0.25, 0.3) is 5.91 Å². The Bertz CT molecular complexity index is 642. The van der Waals surface area contributed by atoms with Gasteiger partial charge in [-0.25, -0.2) is 0 Å². The van der Waals surface area contributed by atoms with Gasteiger partial charge < -0.3 is 10.6 Å². The van der Waals surface area contributed by atoms with E-state index in [4.69, 9.17) is 5.26 Å². The molecule has 0 aliphatic heterocycles. The van der Waals surface area contributed by atoms with E-state index in [-0.39, 0.29) is 5.57 Å². The van der Waals surface area contributed by atoms with Gasteiger partial charge in [-0.2, -0.15) is 5.26 Å². The number of carbonyl (C=O) groups is 1. The van der Waals surface area contributed by atoms with E-state index in [1.54, 1.807) is 12.1 Å². The number of amides is 1. The van der Waals surface area contributed by atoms with Crippen LogP contribution in [0.2, 0.25) is 0 Å². The minimum absolute atomic E-state index is 0.0118. The van der Waals surface area contributed by atoms with Crippen molar-refractivity contribution < 1.29 is 4.79 Å². The predicted octanol–water partition coefficient (Wildman–Crippen LogP) is 3.14. The van der Waals surface area contributed by atoms with Crippen LogP contribution in [-0.4, -0.2) is 5.91 Å². The molecule has 0 aromatic heterocycles. The van der Waals surface area contributed by atoms with E-state index in [1.165, 1.54) is 6.20 Å². The Kier molecular flexibility index (Phi) is 4.52. The van der Waals surface area contributed by atoms with Gasteiger partial charge in [-0.1, -0.05) is 36.4 Å². The molecule has 0 fully saturated rings. The maximum Gasteiger partial charge on any atom is 0.267 e. The van der Waals surface area contributed by atoms with Crippen LogP contribution < -0.4 is 10.6 Å². The molecule has 0 atom stereocenters. The van der Waals surface area contributed by atoms with Crippen molar-refractivity contribution in [2.45, 2.75) is 0 Å². The summed E-state index contributed by atoms with van der Waals surface area (Å²) in [5.41, 5.74) is 1.48. The van der Waals surface area contributed by atoms with Crippen molar-refractivity contribution in [2.24, 2.45) is 0 Å². The van der Waals surface area contributed by atoms with Gasteiger partial charge in [0, 0.05) is 17.6 Å². The second kappa shape index (κ2) is 6.76. The van der Waals surface area contributed by atoms with Crippen molar-refractivity contribution in [3.8, 4) is 6.07 Å². The van der Waals surface area contributed by atoms with E-state index >= 15 is 0 Å². The minimum atomic E-state index is -0.442. The quantitative estimate of drug-likeness (QED) is 0.658. The molecule has 0 saturated carbocycles. The molecule has 0 radical (unpaired) electrons. The van der Waals surface area contributed by atoms with Crippen molar-refractivity contribution in [3.05, 3.63) is 72.4 Å². The van der Waals surface area contributed by atoms with Crippen LogP contribution in [0.4, 0.5) is 11.4 Å². The average molecular weight is 263 g/mol. The third-order valence-corrected chi connectivity index (χ3v) is 2.55.